The van der Waals surface area contributed by atoms with Crippen LogP contribution < -0.4 is 5.32 Å². The minimum absolute atomic E-state index is 0.401. The Morgan fingerprint density at radius 1 is 1.14 bits per heavy atom. The molecule has 2 N–H and O–H groups in total. The normalized spacial score (nSPS) is 34.9. The second kappa shape index (κ2) is 5.10. The molecule has 1 saturated heterocycles. The van der Waals surface area contributed by atoms with Crippen LogP contribution in [0, 0.1) is 11.8 Å². The van der Waals surface area contributed by atoms with Crippen LogP contribution in [-0.2, 0) is 0 Å². The van der Waals surface area contributed by atoms with Gasteiger partial charge in [0.2, 0.25) is 0 Å². The van der Waals surface area contributed by atoms with E-state index in [0.29, 0.717) is 12.5 Å². The maximum absolute atomic E-state index is 9.07. The van der Waals surface area contributed by atoms with E-state index in [2.05, 4.69) is 10.2 Å². The van der Waals surface area contributed by atoms with Crippen molar-refractivity contribution in [2.75, 3.05) is 39.3 Å². The summed E-state index contributed by atoms with van der Waals surface area (Å²) in [4.78, 5) is 2.57. The summed E-state index contributed by atoms with van der Waals surface area (Å²) >= 11 is 0. The highest BCUT2D eigenvalue weighted by molar-refractivity contribution is 4.79. The topological polar surface area (TPSA) is 35.5 Å². The molecule has 0 aromatic rings. The standard InChI is InChI=1S/C11H22N2O/c14-9-11-2-1-10(7-11)8-13-5-3-12-4-6-13/h10-12,14H,1-9H2. The molecule has 0 amide bonds. The van der Waals surface area contributed by atoms with Crippen LogP contribution in [-0.4, -0.2) is 49.3 Å². The molecule has 0 bridgehead atoms. The summed E-state index contributed by atoms with van der Waals surface area (Å²) in [6.07, 6.45) is 3.82. The molecule has 1 heterocycles. The van der Waals surface area contributed by atoms with Gasteiger partial charge in [-0.2, -0.15) is 0 Å². The Bertz CT molecular complexity index is 169. The predicted molar refractivity (Wildman–Crippen MR) is 57.2 cm³/mol. The summed E-state index contributed by atoms with van der Waals surface area (Å²) in [6.45, 7) is 6.38. The summed E-state index contributed by atoms with van der Waals surface area (Å²) in [5.74, 6) is 1.45. The fraction of sp³-hybridized carbons (Fsp3) is 1.00. The van der Waals surface area contributed by atoms with Crippen molar-refractivity contribution in [2.45, 2.75) is 19.3 Å². The predicted octanol–water partition coefficient (Wildman–Crippen LogP) is 0.300. The third kappa shape index (κ3) is 2.69. The molecule has 3 nitrogen and oxygen atoms in total. The lowest BCUT2D eigenvalue weighted by Gasteiger charge is -2.29. The molecule has 2 fully saturated rings. The van der Waals surface area contributed by atoms with Crippen LogP contribution >= 0.6 is 0 Å². The lowest BCUT2D eigenvalue weighted by Crippen LogP contribution is -2.45. The number of aliphatic hydroxyl groups is 1. The van der Waals surface area contributed by atoms with E-state index in [-0.39, 0.29) is 0 Å². The van der Waals surface area contributed by atoms with Gasteiger partial charge in [0.25, 0.3) is 0 Å². The molecule has 82 valence electrons. The molecule has 2 unspecified atom stereocenters. The summed E-state index contributed by atoms with van der Waals surface area (Å²) in [5.41, 5.74) is 0. The van der Waals surface area contributed by atoms with Crippen LogP contribution in [0.5, 0.6) is 0 Å². The van der Waals surface area contributed by atoms with Gasteiger partial charge in [0.05, 0.1) is 0 Å². The van der Waals surface area contributed by atoms with Gasteiger partial charge >= 0.3 is 0 Å². The van der Waals surface area contributed by atoms with Gasteiger partial charge < -0.3 is 15.3 Å². The van der Waals surface area contributed by atoms with Crippen molar-refractivity contribution in [3.05, 3.63) is 0 Å². The van der Waals surface area contributed by atoms with Gasteiger partial charge in [-0.3, -0.25) is 0 Å². The number of nitrogens with one attached hydrogen (secondary N) is 1. The average Bonchev–Trinajstić information content (AvgIpc) is 2.67. The fourth-order valence-electron chi connectivity index (χ4n) is 2.77. The fourth-order valence-corrected chi connectivity index (χ4v) is 2.77. The van der Waals surface area contributed by atoms with E-state index >= 15 is 0 Å². The molecule has 2 rings (SSSR count). The van der Waals surface area contributed by atoms with Gasteiger partial charge in [-0.25, -0.2) is 0 Å². The van der Waals surface area contributed by atoms with E-state index in [4.69, 9.17) is 5.11 Å². The van der Waals surface area contributed by atoms with Gasteiger partial charge in [0, 0.05) is 39.3 Å². The maximum Gasteiger partial charge on any atom is 0.0459 e. The number of rotatable bonds is 3. The molecule has 2 aliphatic rings. The first-order valence-electron chi connectivity index (χ1n) is 5.92. The Kier molecular flexibility index (Phi) is 3.79. The van der Waals surface area contributed by atoms with Crippen molar-refractivity contribution >= 4 is 0 Å². The third-order valence-corrected chi connectivity index (χ3v) is 3.63. The molecule has 14 heavy (non-hydrogen) atoms. The lowest BCUT2D eigenvalue weighted by atomic mass is 10.0. The maximum atomic E-state index is 9.07. The molecule has 0 aromatic carbocycles. The van der Waals surface area contributed by atoms with E-state index < -0.39 is 0 Å². The van der Waals surface area contributed by atoms with Crippen molar-refractivity contribution in [1.82, 2.24) is 10.2 Å². The smallest absolute Gasteiger partial charge is 0.0459 e. The molecule has 2 atom stereocenters. The van der Waals surface area contributed by atoms with E-state index in [1.165, 1.54) is 38.9 Å². The largest absolute Gasteiger partial charge is 0.396 e. The summed E-state index contributed by atoms with van der Waals surface area (Å²) in [5, 5.41) is 12.4. The molecule has 3 heteroatoms. The first-order valence-corrected chi connectivity index (χ1v) is 5.92. The summed E-state index contributed by atoms with van der Waals surface area (Å²) in [6, 6.07) is 0. The average molecular weight is 198 g/mol. The van der Waals surface area contributed by atoms with Crippen LogP contribution in [0.3, 0.4) is 0 Å². The van der Waals surface area contributed by atoms with Crippen molar-refractivity contribution in [1.29, 1.82) is 0 Å². The first-order chi connectivity index (χ1) is 6.88. The van der Waals surface area contributed by atoms with Crippen LogP contribution in [0.15, 0.2) is 0 Å². The first kappa shape index (κ1) is 10.4. The third-order valence-electron chi connectivity index (χ3n) is 3.63. The van der Waals surface area contributed by atoms with Crippen molar-refractivity contribution in [3.8, 4) is 0 Å². The summed E-state index contributed by atoms with van der Waals surface area (Å²) < 4.78 is 0. The van der Waals surface area contributed by atoms with Crippen molar-refractivity contribution in [3.63, 3.8) is 0 Å². The Hall–Kier alpha value is -0.120. The quantitative estimate of drug-likeness (QED) is 0.684. The van der Waals surface area contributed by atoms with Crippen molar-refractivity contribution in [2.24, 2.45) is 11.8 Å². The van der Waals surface area contributed by atoms with E-state index in [0.717, 1.165) is 19.0 Å². The molecule has 0 radical (unpaired) electrons. The molecule has 0 spiro atoms. The van der Waals surface area contributed by atoms with Crippen molar-refractivity contribution < 1.29 is 5.11 Å². The molecule has 1 saturated carbocycles. The number of hydrogen-bond acceptors (Lipinski definition) is 3. The van der Waals surface area contributed by atoms with Crippen LogP contribution in [0.25, 0.3) is 0 Å². The van der Waals surface area contributed by atoms with Gasteiger partial charge in [0.15, 0.2) is 0 Å². The Morgan fingerprint density at radius 2 is 1.86 bits per heavy atom. The van der Waals surface area contributed by atoms with Gasteiger partial charge in [-0.15, -0.1) is 0 Å². The molecule has 1 aliphatic heterocycles. The van der Waals surface area contributed by atoms with Gasteiger partial charge in [-0.1, -0.05) is 0 Å². The van der Waals surface area contributed by atoms with E-state index in [9.17, 15) is 0 Å². The van der Waals surface area contributed by atoms with Gasteiger partial charge in [0.1, 0.15) is 0 Å². The van der Waals surface area contributed by atoms with E-state index in [1.54, 1.807) is 0 Å². The highest BCUT2D eigenvalue weighted by Crippen LogP contribution is 2.30. The number of aliphatic hydroxyl groups excluding tert-OH is 1. The Balaban J connectivity index is 1.69. The molecular formula is C11H22N2O. The Morgan fingerprint density at radius 3 is 2.50 bits per heavy atom. The van der Waals surface area contributed by atoms with Crippen LogP contribution in [0.2, 0.25) is 0 Å². The highest BCUT2D eigenvalue weighted by Gasteiger charge is 2.25. The zero-order chi connectivity index (χ0) is 9.80. The molecular weight excluding hydrogens is 176 g/mol. The number of hydrogen-bond donors (Lipinski definition) is 2. The SMILES string of the molecule is OCC1CCC(CN2CCNCC2)C1. The molecule has 0 aromatic heterocycles. The second-order valence-electron chi connectivity index (χ2n) is 4.78. The van der Waals surface area contributed by atoms with Crippen LogP contribution in [0.1, 0.15) is 19.3 Å². The Labute approximate surface area is 86.5 Å². The zero-order valence-corrected chi connectivity index (χ0v) is 8.91. The van der Waals surface area contributed by atoms with Crippen LogP contribution in [0.4, 0.5) is 0 Å². The number of piperazine rings is 1. The second-order valence-corrected chi connectivity index (χ2v) is 4.78. The molecule has 1 aliphatic carbocycles. The van der Waals surface area contributed by atoms with E-state index in [1.807, 2.05) is 0 Å². The minimum atomic E-state index is 0.401. The lowest BCUT2D eigenvalue weighted by molar-refractivity contribution is 0.194. The number of nitrogens with zero attached hydrogens (tertiary/aromatic N) is 1. The summed E-state index contributed by atoms with van der Waals surface area (Å²) in [7, 11) is 0. The zero-order valence-electron chi connectivity index (χ0n) is 8.91. The highest BCUT2D eigenvalue weighted by atomic mass is 16.3. The monoisotopic (exact) mass is 198 g/mol. The minimum Gasteiger partial charge on any atom is -0.396 e. The van der Waals surface area contributed by atoms with Gasteiger partial charge in [-0.05, 0) is 31.1 Å².